The van der Waals surface area contributed by atoms with E-state index < -0.39 is 0 Å². The summed E-state index contributed by atoms with van der Waals surface area (Å²) < 4.78 is 2.18. The topological polar surface area (TPSA) is 97.5 Å². The van der Waals surface area contributed by atoms with Crippen molar-refractivity contribution in [2.24, 2.45) is 5.73 Å². The summed E-state index contributed by atoms with van der Waals surface area (Å²) in [6.45, 7) is 2.00. The predicted octanol–water partition coefficient (Wildman–Crippen LogP) is 2.27. The van der Waals surface area contributed by atoms with Crippen LogP contribution in [0.5, 0.6) is 0 Å². The van der Waals surface area contributed by atoms with Crippen molar-refractivity contribution in [3.63, 3.8) is 0 Å². The van der Waals surface area contributed by atoms with E-state index in [2.05, 4.69) is 41.2 Å². The molecule has 0 unspecified atom stereocenters. The second kappa shape index (κ2) is 11.2. The molecule has 1 heterocycles. The fourth-order valence-corrected chi connectivity index (χ4v) is 4.37. The molecule has 0 radical (unpaired) electrons. The number of thioether (sulfide) groups is 1. The van der Waals surface area contributed by atoms with Crippen molar-refractivity contribution in [1.82, 2.24) is 0 Å². The Morgan fingerprint density at radius 3 is 2.53 bits per heavy atom. The lowest BCUT2D eigenvalue weighted by atomic mass is 9.87. The van der Waals surface area contributed by atoms with E-state index in [0.29, 0.717) is 13.1 Å². The van der Waals surface area contributed by atoms with Crippen LogP contribution in [0.4, 0.5) is 5.69 Å². The van der Waals surface area contributed by atoms with Crippen LogP contribution in [-0.2, 0) is 13.0 Å². The molecule has 0 aliphatic heterocycles. The smallest absolute Gasteiger partial charge is 0.172 e. The van der Waals surface area contributed by atoms with Gasteiger partial charge < -0.3 is 20.8 Å². The Bertz CT molecular complexity index is 877. The van der Waals surface area contributed by atoms with Gasteiger partial charge >= 0.3 is 0 Å². The third-order valence-electron chi connectivity index (χ3n) is 5.28. The van der Waals surface area contributed by atoms with E-state index >= 15 is 0 Å². The number of pyridine rings is 1. The first-order valence-electron chi connectivity index (χ1n) is 10.4. The van der Waals surface area contributed by atoms with Crippen molar-refractivity contribution in [2.45, 2.75) is 25.8 Å². The molecular weight excluding hydrogens is 396 g/mol. The summed E-state index contributed by atoms with van der Waals surface area (Å²) in [5, 5.41) is 25.9. The minimum absolute atomic E-state index is 0.0655. The number of nitrogens with zero attached hydrogens (tertiary/aromatic N) is 2. The molecule has 0 atom stereocenters. The van der Waals surface area contributed by atoms with E-state index in [1.165, 1.54) is 28.5 Å². The SMILES string of the molecule is N=C(N)SCC[n+]1ccc2c(c1)CCCC2=Cc1ccc(N(CCO)CCO)cc1. The van der Waals surface area contributed by atoms with E-state index in [9.17, 15) is 10.2 Å². The number of aryl methyl sites for hydroxylation is 2. The summed E-state index contributed by atoms with van der Waals surface area (Å²) >= 11 is 1.37. The monoisotopic (exact) mass is 427 g/mol. The quantitative estimate of drug-likeness (QED) is 0.280. The number of allylic oxidation sites excluding steroid dienone is 1. The van der Waals surface area contributed by atoms with Crippen LogP contribution >= 0.6 is 11.8 Å². The highest BCUT2D eigenvalue weighted by atomic mass is 32.2. The maximum absolute atomic E-state index is 9.23. The van der Waals surface area contributed by atoms with Gasteiger partial charge in [0.1, 0.15) is 0 Å². The van der Waals surface area contributed by atoms with Gasteiger partial charge in [-0.25, -0.2) is 4.57 Å². The average Bonchev–Trinajstić information content (AvgIpc) is 2.74. The standard InChI is InChI=1S/C23H31N4O2S/c24-23(25)30-15-12-26-9-8-22-19(2-1-3-20(22)17-26)16-18-4-6-21(7-5-18)27(10-13-28)11-14-29/h4-9,16-17,28-29H,1-3,10-15H2,(H3,24,25)/q+1. The number of anilines is 1. The molecule has 6 nitrogen and oxygen atoms in total. The number of aliphatic hydroxyl groups excluding tert-OH is 2. The molecule has 30 heavy (non-hydrogen) atoms. The second-order valence-corrected chi connectivity index (χ2v) is 8.52. The Labute approximate surface area is 182 Å². The van der Waals surface area contributed by atoms with Gasteiger partial charge in [0.15, 0.2) is 24.1 Å². The van der Waals surface area contributed by atoms with Gasteiger partial charge in [0.05, 0.1) is 19.0 Å². The van der Waals surface area contributed by atoms with Crippen LogP contribution in [-0.4, -0.2) is 47.4 Å². The van der Waals surface area contributed by atoms with E-state index in [1.54, 1.807) is 0 Å². The van der Waals surface area contributed by atoms with Crippen LogP contribution in [0.25, 0.3) is 11.6 Å². The fraction of sp³-hybridized carbons (Fsp3) is 0.391. The summed E-state index contributed by atoms with van der Waals surface area (Å²) in [6.07, 6.45) is 9.91. The zero-order chi connectivity index (χ0) is 21.3. The van der Waals surface area contributed by atoms with Gasteiger partial charge in [-0.15, -0.1) is 0 Å². The zero-order valence-electron chi connectivity index (χ0n) is 17.3. The van der Waals surface area contributed by atoms with Gasteiger partial charge in [0, 0.05) is 30.4 Å². The lowest BCUT2D eigenvalue weighted by molar-refractivity contribution is -0.692. The van der Waals surface area contributed by atoms with Gasteiger partial charge in [-0.3, -0.25) is 5.41 Å². The number of aromatic nitrogens is 1. The number of hydrogen-bond acceptors (Lipinski definition) is 5. The Balaban J connectivity index is 1.74. The second-order valence-electron chi connectivity index (χ2n) is 7.38. The summed E-state index contributed by atoms with van der Waals surface area (Å²) in [6, 6.07) is 10.5. The zero-order valence-corrected chi connectivity index (χ0v) is 18.1. The van der Waals surface area contributed by atoms with Crippen LogP contribution in [0.15, 0.2) is 42.7 Å². The fourth-order valence-electron chi connectivity index (χ4n) is 3.85. The summed E-state index contributed by atoms with van der Waals surface area (Å²) in [7, 11) is 0. The number of hydrogen-bond donors (Lipinski definition) is 4. The molecular formula is C23H31N4O2S+. The number of benzene rings is 1. The highest BCUT2D eigenvalue weighted by molar-refractivity contribution is 8.13. The molecule has 1 aromatic carbocycles. The van der Waals surface area contributed by atoms with E-state index in [-0.39, 0.29) is 18.4 Å². The Morgan fingerprint density at radius 1 is 1.13 bits per heavy atom. The largest absolute Gasteiger partial charge is 0.395 e. The molecule has 0 bridgehead atoms. The van der Waals surface area contributed by atoms with Gasteiger partial charge in [-0.1, -0.05) is 30.0 Å². The molecule has 0 saturated heterocycles. The van der Waals surface area contributed by atoms with Gasteiger partial charge in [-0.2, -0.15) is 0 Å². The van der Waals surface area contributed by atoms with Crippen LogP contribution < -0.4 is 15.2 Å². The first kappa shape index (κ1) is 22.3. The third-order valence-corrected chi connectivity index (χ3v) is 5.98. The van der Waals surface area contributed by atoms with Crippen LogP contribution in [0.1, 0.15) is 29.5 Å². The highest BCUT2D eigenvalue weighted by Gasteiger charge is 2.18. The van der Waals surface area contributed by atoms with Gasteiger partial charge in [-0.05, 0) is 48.1 Å². The lowest BCUT2D eigenvalue weighted by Crippen LogP contribution is -2.35. The van der Waals surface area contributed by atoms with Crippen LogP contribution in [0, 0.1) is 5.41 Å². The number of aliphatic hydroxyl groups is 2. The van der Waals surface area contributed by atoms with Crippen molar-refractivity contribution in [3.05, 3.63) is 59.4 Å². The Morgan fingerprint density at radius 2 is 1.87 bits per heavy atom. The van der Waals surface area contributed by atoms with Gasteiger partial charge in [0.25, 0.3) is 0 Å². The summed E-state index contributed by atoms with van der Waals surface area (Å²) in [5.74, 6) is 0.803. The Hall–Kier alpha value is -2.35. The summed E-state index contributed by atoms with van der Waals surface area (Å²) in [5.41, 5.74) is 11.6. The molecule has 3 rings (SSSR count). The molecule has 1 aliphatic carbocycles. The summed E-state index contributed by atoms with van der Waals surface area (Å²) in [4.78, 5) is 1.98. The number of rotatable bonds is 9. The van der Waals surface area contributed by atoms with E-state index in [0.717, 1.165) is 42.8 Å². The number of fused-ring (bicyclic) bond motifs is 1. The predicted molar refractivity (Wildman–Crippen MR) is 125 cm³/mol. The first-order valence-corrected chi connectivity index (χ1v) is 11.4. The average molecular weight is 428 g/mol. The lowest BCUT2D eigenvalue weighted by Gasteiger charge is -2.23. The highest BCUT2D eigenvalue weighted by Crippen LogP contribution is 2.31. The van der Waals surface area contributed by atoms with Crippen LogP contribution in [0.3, 0.4) is 0 Å². The molecule has 1 aromatic heterocycles. The van der Waals surface area contributed by atoms with Crippen molar-refractivity contribution >= 4 is 34.3 Å². The maximum atomic E-state index is 9.23. The number of nitrogens with one attached hydrogen (secondary N) is 1. The molecule has 0 spiro atoms. The van der Waals surface area contributed by atoms with Crippen molar-refractivity contribution < 1.29 is 14.8 Å². The number of amidine groups is 1. The van der Waals surface area contributed by atoms with Gasteiger partial charge in [0.2, 0.25) is 0 Å². The Kier molecular flexibility index (Phi) is 8.30. The van der Waals surface area contributed by atoms with Crippen molar-refractivity contribution in [3.8, 4) is 0 Å². The molecule has 160 valence electrons. The van der Waals surface area contributed by atoms with E-state index in [1.807, 2.05) is 17.0 Å². The molecule has 0 amide bonds. The van der Waals surface area contributed by atoms with Crippen molar-refractivity contribution in [2.75, 3.05) is 37.0 Å². The minimum atomic E-state index is 0.0655. The minimum Gasteiger partial charge on any atom is -0.395 e. The molecule has 0 fully saturated rings. The molecule has 7 heteroatoms. The molecule has 1 aliphatic rings. The molecule has 0 saturated carbocycles. The third kappa shape index (κ3) is 6.08. The van der Waals surface area contributed by atoms with Crippen molar-refractivity contribution in [1.29, 1.82) is 5.41 Å². The number of nitrogens with two attached hydrogens (primary N) is 1. The van der Waals surface area contributed by atoms with E-state index in [4.69, 9.17) is 11.1 Å². The van der Waals surface area contributed by atoms with Crippen LogP contribution in [0.2, 0.25) is 0 Å². The molecule has 5 N–H and O–H groups in total. The normalized spacial score (nSPS) is 14.5. The molecule has 2 aromatic rings. The first-order chi connectivity index (χ1) is 14.6. The maximum Gasteiger partial charge on any atom is 0.172 e.